The summed E-state index contributed by atoms with van der Waals surface area (Å²) in [5, 5.41) is 0.889. The van der Waals surface area contributed by atoms with Crippen molar-refractivity contribution in [2.75, 3.05) is 0 Å². The molecule has 2 aromatic heterocycles. The highest BCUT2D eigenvalue weighted by atomic mass is 32.1. The average molecular weight is 322 g/mol. The topological polar surface area (TPSA) is 37.8 Å². The second kappa shape index (κ2) is 5.06. The minimum atomic E-state index is 0.0398. The van der Waals surface area contributed by atoms with Crippen LogP contribution < -0.4 is 5.56 Å². The van der Waals surface area contributed by atoms with E-state index in [4.69, 9.17) is 12.2 Å². The number of nitrogens with zero attached hydrogens (tertiary/aromatic N) is 1. The number of hydrogen-bond donors (Lipinski definition) is 1. The van der Waals surface area contributed by atoms with Gasteiger partial charge in [-0.3, -0.25) is 9.36 Å². The second-order valence-corrected chi connectivity index (χ2v) is 8.52. The normalized spacial score (nSPS) is 15.1. The molecule has 5 heteroatoms. The molecule has 1 aliphatic carbocycles. The van der Waals surface area contributed by atoms with Crippen LogP contribution in [0, 0.1) is 16.1 Å². The summed E-state index contributed by atoms with van der Waals surface area (Å²) in [5.41, 5.74) is 1.40. The summed E-state index contributed by atoms with van der Waals surface area (Å²) in [7, 11) is 0. The first-order valence-corrected chi connectivity index (χ1v) is 8.81. The van der Waals surface area contributed by atoms with Crippen molar-refractivity contribution < 1.29 is 0 Å². The Morgan fingerprint density at radius 3 is 2.76 bits per heavy atom. The molecule has 114 valence electrons. The largest absolute Gasteiger partial charge is 0.323 e. The van der Waals surface area contributed by atoms with E-state index >= 15 is 0 Å². The Bertz CT molecular complexity index is 808. The maximum absolute atomic E-state index is 13.0. The molecule has 0 spiro atoms. The van der Waals surface area contributed by atoms with Gasteiger partial charge in [0.25, 0.3) is 5.56 Å². The van der Waals surface area contributed by atoms with Crippen LogP contribution in [-0.2, 0) is 19.4 Å². The van der Waals surface area contributed by atoms with Crippen molar-refractivity contribution in [3.63, 3.8) is 0 Å². The monoisotopic (exact) mass is 322 g/mol. The summed E-state index contributed by atoms with van der Waals surface area (Å²) < 4.78 is 2.32. The fourth-order valence-corrected chi connectivity index (χ4v) is 4.44. The summed E-state index contributed by atoms with van der Waals surface area (Å²) >= 11 is 7.15. The van der Waals surface area contributed by atoms with Crippen molar-refractivity contribution in [3.8, 4) is 0 Å². The fourth-order valence-electron chi connectivity index (χ4n) is 2.84. The van der Waals surface area contributed by atoms with Gasteiger partial charge in [-0.15, -0.1) is 11.3 Å². The first kappa shape index (κ1) is 15.0. The molecule has 0 saturated carbocycles. The van der Waals surface area contributed by atoms with Gasteiger partial charge in [-0.2, -0.15) is 0 Å². The number of aryl methyl sites for hydroxylation is 2. The van der Waals surface area contributed by atoms with Crippen molar-refractivity contribution in [3.05, 3.63) is 25.6 Å². The third kappa shape index (κ3) is 2.40. The molecule has 0 fully saturated rings. The zero-order valence-corrected chi connectivity index (χ0v) is 14.7. The van der Waals surface area contributed by atoms with E-state index < -0.39 is 0 Å². The molecule has 1 N–H and O–H groups in total. The maximum atomic E-state index is 13.0. The van der Waals surface area contributed by atoms with Gasteiger partial charge in [0, 0.05) is 11.4 Å². The SMILES string of the molecule is CC(C)C(C)(C)Cn1c(=S)[nH]c2sc3c(c2c1=O)CCC3. The second-order valence-electron chi connectivity index (χ2n) is 7.03. The number of aromatic amines is 1. The van der Waals surface area contributed by atoms with Gasteiger partial charge < -0.3 is 4.98 Å². The molecule has 2 aromatic rings. The van der Waals surface area contributed by atoms with E-state index in [1.807, 2.05) is 0 Å². The van der Waals surface area contributed by atoms with Gasteiger partial charge in [0.15, 0.2) is 4.77 Å². The van der Waals surface area contributed by atoms with Gasteiger partial charge in [0.1, 0.15) is 4.83 Å². The minimum absolute atomic E-state index is 0.0398. The summed E-state index contributed by atoms with van der Waals surface area (Å²) in [6, 6.07) is 0. The predicted molar refractivity (Wildman–Crippen MR) is 91.9 cm³/mol. The highest BCUT2D eigenvalue weighted by molar-refractivity contribution is 7.71. The molecule has 2 heterocycles. The van der Waals surface area contributed by atoms with E-state index in [2.05, 4.69) is 32.7 Å². The van der Waals surface area contributed by atoms with Crippen molar-refractivity contribution in [1.29, 1.82) is 0 Å². The van der Waals surface area contributed by atoms with Crippen molar-refractivity contribution >= 4 is 33.8 Å². The summed E-state index contributed by atoms with van der Waals surface area (Å²) in [6.07, 6.45) is 3.30. The van der Waals surface area contributed by atoms with Crippen LogP contribution in [0.25, 0.3) is 10.2 Å². The molecule has 0 saturated heterocycles. The third-order valence-electron chi connectivity index (χ3n) is 4.97. The predicted octanol–water partition coefficient (Wildman–Crippen LogP) is 4.29. The van der Waals surface area contributed by atoms with Crippen LogP contribution in [0.3, 0.4) is 0 Å². The zero-order valence-electron chi connectivity index (χ0n) is 13.1. The van der Waals surface area contributed by atoms with Gasteiger partial charge in [-0.25, -0.2) is 0 Å². The number of nitrogens with one attached hydrogen (secondary N) is 1. The van der Waals surface area contributed by atoms with Gasteiger partial charge in [0.2, 0.25) is 0 Å². The first-order valence-electron chi connectivity index (χ1n) is 7.58. The van der Waals surface area contributed by atoms with E-state index in [-0.39, 0.29) is 11.0 Å². The summed E-state index contributed by atoms with van der Waals surface area (Å²) in [4.78, 5) is 18.6. The number of hydrogen-bond acceptors (Lipinski definition) is 3. The van der Waals surface area contributed by atoms with Crippen LogP contribution in [0.5, 0.6) is 0 Å². The first-order chi connectivity index (χ1) is 9.81. The lowest BCUT2D eigenvalue weighted by Gasteiger charge is -2.29. The molecule has 3 rings (SSSR count). The van der Waals surface area contributed by atoms with E-state index in [1.165, 1.54) is 16.9 Å². The summed E-state index contributed by atoms with van der Waals surface area (Å²) in [5.74, 6) is 0.489. The Morgan fingerprint density at radius 1 is 1.38 bits per heavy atom. The van der Waals surface area contributed by atoms with Gasteiger partial charge in [-0.05, 0) is 48.4 Å². The molecule has 0 unspecified atom stereocenters. The zero-order chi connectivity index (χ0) is 15.4. The Kier molecular flexibility index (Phi) is 3.61. The van der Waals surface area contributed by atoms with Crippen LogP contribution in [0.15, 0.2) is 4.79 Å². The third-order valence-corrected chi connectivity index (χ3v) is 6.50. The van der Waals surface area contributed by atoms with Gasteiger partial charge >= 0.3 is 0 Å². The highest BCUT2D eigenvalue weighted by Gasteiger charge is 2.26. The molecule has 0 radical (unpaired) electrons. The molecule has 1 aliphatic rings. The highest BCUT2D eigenvalue weighted by Crippen LogP contribution is 2.35. The quantitative estimate of drug-likeness (QED) is 0.856. The van der Waals surface area contributed by atoms with E-state index in [9.17, 15) is 4.79 Å². The van der Waals surface area contributed by atoms with Crippen molar-refractivity contribution in [2.45, 2.75) is 53.5 Å². The smallest absolute Gasteiger partial charge is 0.263 e. The van der Waals surface area contributed by atoms with E-state index in [1.54, 1.807) is 15.9 Å². The molecule has 0 bridgehead atoms. The lowest BCUT2D eigenvalue weighted by atomic mass is 9.81. The lowest BCUT2D eigenvalue weighted by molar-refractivity contribution is 0.206. The molecule has 0 aliphatic heterocycles. The molecule has 0 amide bonds. The molecular formula is C16H22N2OS2. The van der Waals surface area contributed by atoms with Gasteiger partial charge in [0.05, 0.1) is 5.39 Å². The van der Waals surface area contributed by atoms with Crippen molar-refractivity contribution in [1.82, 2.24) is 9.55 Å². The Balaban J connectivity index is 2.20. The van der Waals surface area contributed by atoms with E-state index in [0.29, 0.717) is 17.2 Å². The average Bonchev–Trinajstić information content (AvgIpc) is 2.94. The Hall–Kier alpha value is -0.940. The molecule has 0 atom stereocenters. The summed E-state index contributed by atoms with van der Waals surface area (Å²) in [6.45, 7) is 9.44. The number of H-pyrrole nitrogens is 1. The fraction of sp³-hybridized carbons (Fsp3) is 0.625. The molecule has 3 nitrogen and oxygen atoms in total. The lowest BCUT2D eigenvalue weighted by Crippen LogP contribution is -2.32. The minimum Gasteiger partial charge on any atom is -0.323 e. The van der Waals surface area contributed by atoms with E-state index in [0.717, 1.165) is 23.1 Å². The molecule has 0 aromatic carbocycles. The maximum Gasteiger partial charge on any atom is 0.263 e. The van der Waals surface area contributed by atoms with Crippen LogP contribution >= 0.6 is 23.6 Å². The van der Waals surface area contributed by atoms with Crippen LogP contribution in [0.2, 0.25) is 0 Å². The number of thiophene rings is 1. The number of aromatic nitrogens is 2. The Morgan fingerprint density at radius 2 is 2.10 bits per heavy atom. The molecule has 21 heavy (non-hydrogen) atoms. The number of fused-ring (bicyclic) bond motifs is 3. The van der Waals surface area contributed by atoms with Gasteiger partial charge in [-0.1, -0.05) is 27.7 Å². The van der Waals surface area contributed by atoms with Crippen LogP contribution in [0.4, 0.5) is 0 Å². The van der Waals surface area contributed by atoms with Crippen molar-refractivity contribution in [2.24, 2.45) is 11.3 Å². The van der Waals surface area contributed by atoms with Crippen LogP contribution in [-0.4, -0.2) is 9.55 Å². The Labute approximate surface area is 134 Å². The van der Waals surface area contributed by atoms with Crippen LogP contribution in [0.1, 0.15) is 44.6 Å². The number of rotatable bonds is 3. The molecular weight excluding hydrogens is 300 g/mol. The standard InChI is InChI=1S/C16H22N2OS2/c1-9(2)16(3,4)8-18-14(19)12-10-6-5-7-11(10)21-13(12)17-15(18)20/h9H,5-8H2,1-4H3,(H,17,20).